The molecule has 0 saturated carbocycles. The van der Waals surface area contributed by atoms with E-state index in [0.29, 0.717) is 0 Å². The predicted molar refractivity (Wildman–Crippen MR) is 47.5 cm³/mol. The van der Waals surface area contributed by atoms with Crippen LogP contribution in [0.5, 0.6) is 5.88 Å². The number of ether oxygens (including phenoxy) is 2. The number of methoxy groups -OCH3 is 1. The second-order valence-corrected chi connectivity index (χ2v) is 2.74. The van der Waals surface area contributed by atoms with Gasteiger partial charge in [0.1, 0.15) is 0 Å². The van der Waals surface area contributed by atoms with Crippen LogP contribution in [0.3, 0.4) is 0 Å². The first kappa shape index (κ1) is 9.38. The molecule has 1 aliphatic heterocycles. The van der Waals surface area contributed by atoms with Crippen LogP contribution >= 0.6 is 0 Å². The maximum Gasteiger partial charge on any atom is 0.358 e. The van der Waals surface area contributed by atoms with Crippen molar-refractivity contribution in [2.24, 2.45) is 0 Å². The number of aromatic nitrogens is 2. The molecule has 0 bridgehead atoms. The minimum absolute atomic E-state index is 0.0158. The van der Waals surface area contributed by atoms with Gasteiger partial charge in [0.15, 0.2) is 18.1 Å². The number of rotatable bonds is 1. The number of nitrogens with one attached hydrogen (secondary N) is 1. The molecule has 1 aliphatic rings. The van der Waals surface area contributed by atoms with Gasteiger partial charge in [0.25, 0.3) is 11.8 Å². The zero-order chi connectivity index (χ0) is 10.8. The highest BCUT2D eigenvalue weighted by Crippen LogP contribution is 2.21. The Balaban J connectivity index is 2.36. The lowest BCUT2D eigenvalue weighted by Crippen LogP contribution is -2.27. The summed E-state index contributed by atoms with van der Waals surface area (Å²) in [5.74, 6) is -0.625. The van der Waals surface area contributed by atoms with E-state index in [0.717, 1.165) is 0 Å². The third-order valence-corrected chi connectivity index (χ3v) is 1.73. The van der Waals surface area contributed by atoms with Gasteiger partial charge in [0.05, 0.1) is 13.3 Å². The zero-order valence-electron chi connectivity index (χ0n) is 7.81. The number of fused-ring (bicyclic) bond motifs is 1. The van der Waals surface area contributed by atoms with Crippen LogP contribution in [0.25, 0.3) is 0 Å². The quantitative estimate of drug-likeness (QED) is 0.632. The summed E-state index contributed by atoms with van der Waals surface area (Å²) in [6.07, 6.45) is 1.22. The fourth-order valence-electron chi connectivity index (χ4n) is 1.07. The molecule has 0 radical (unpaired) electrons. The van der Waals surface area contributed by atoms with E-state index in [1.165, 1.54) is 13.3 Å². The summed E-state index contributed by atoms with van der Waals surface area (Å²) in [7, 11) is 1.23. The number of hydrogen-bond donors (Lipinski definition) is 1. The number of carbonyl (C=O) groups is 2. The van der Waals surface area contributed by atoms with Crippen LogP contribution in [-0.2, 0) is 9.53 Å². The normalized spacial score (nSPS) is 13.5. The standard InChI is InChI=1S/C8H7N3O4/c1-14-8(13)4-2-9-7-6(10-4)11-5(12)3-15-7/h2H,3H2,1H3,(H,10,11,12). The monoisotopic (exact) mass is 209 g/mol. The van der Waals surface area contributed by atoms with Gasteiger partial charge in [0, 0.05) is 0 Å². The molecule has 78 valence electrons. The van der Waals surface area contributed by atoms with Crippen molar-refractivity contribution in [2.45, 2.75) is 0 Å². The largest absolute Gasteiger partial charge is 0.465 e. The first-order valence-corrected chi connectivity index (χ1v) is 4.08. The van der Waals surface area contributed by atoms with E-state index in [1.807, 2.05) is 0 Å². The topological polar surface area (TPSA) is 90.4 Å². The van der Waals surface area contributed by atoms with Gasteiger partial charge in [-0.3, -0.25) is 4.79 Å². The lowest BCUT2D eigenvalue weighted by Gasteiger charge is -2.15. The maximum atomic E-state index is 11.1. The highest BCUT2D eigenvalue weighted by molar-refractivity contribution is 5.94. The molecular weight excluding hydrogens is 202 g/mol. The molecule has 1 amide bonds. The van der Waals surface area contributed by atoms with Gasteiger partial charge < -0.3 is 14.8 Å². The van der Waals surface area contributed by atoms with Crippen molar-refractivity contribution in [1.29, 1.82) is 0 Å². The highest BCUT2D eigenvalue weighted by atomic mass is 16.5. The molecule has 7 heteroatoms. The van der Waals surface area contributed by atoms with Crippen molar-refractivity contribution in [3.8, 4) is 5.88 Å². The maximum absolute atomic E-state index is 11.1. The van der Waals surface area contributed by atoms with E-state index in [2.05, 4.69) is 20.0 Å². The molecule has 7 nitrogen and oxygen atoms in total. The van der Waals surface area contributed by atoms with E-state index in [4.69, 9.17) is 4.74 Å². The van der Waals surface area contributed by atoms with Gasteiger partial charge in [0.2, 0.25) is 0 Å². The number of amides is 1. The van der Waals surface area contributed by atoms with Crippen molar-refractivity contribution in [3.05, 3.63) is 11.9 Å². The molecule has 15 heavy (non-hydrogen) atoms. The molecule has 0 aliphatic carbocycles. The number of esters is 1. The van der Waals surface area contributed by atoms with Crippen molar-refractivity contribution in [3.63, 3.8) is 0 Å². The molecule has 1 N–H and O–H groups in total. The Morgan fingerprint density at radius 1 is 1.67 bits per heavy atom. The average Bonchev–Trinajstić information content (AvgIpc) is 2.27. The first-order valence-electron chi connectivity index (χ1n) is 4.08. The molecule has 0 fully saturated rings. The molecule has 0 saturated heterocycles. The lowest BCUT2D eigenvalue weighted by atomic mass is 10.4. The summed E-state index contributed by atoms with van der Waals surface area (Å²) in [6.45, 7) is -0.0980. The summed E-state index contributed by atoms with van der Waals surface area (Å²) in [6, 6.07) is 0. The van der Waals surface area contributed by atoms with Crippen LogP contribution < -0.4 is 10.1 Å². The fraction of sp³-hybridized carbons (Fsp3) is 0.250. The van der Waals surface area contributed by atoms with Crippen LogP contribution in [0.2, 0.25) is 0 Å². The van der Waals surface area contributed by atoms with E-state index in [1.54, 1.807) is 0 Å². The molecule has 1 aromatic heterocycles. The Bertz CT molecular complexity index is 432. The molecule has 0 aromatic carbocycles. The van der Waals surface area contributed by atoms with Gasteiger partial charge in [-0.25, -0.2) is 14.8 Å². The molecule has 0 unspecified atom stereocenters. The Kier molecular flexibility index (Phi) is 2.20. The van der Waals surface area contributed by atoms with Crippen LogP contribution in [0.4, 0.5) is 5.82 Å². The second kappa shape index (κ2) is 3.52. The van der Waals surface area contributed by atoms with Crippen LogP contribution in [0.1, 0.15) is 10.5 Å². The molecular formula is C8H7N3O4. The van der Waals surface area contributed by atoms with Crippen LogP contribution in [0, 0.1) is 0 Å². The minimum Gasteiger partial charge on any atom is -0.465 e. The molecule has 2 heterocycles. The van der Waals surface area contributed by atoms with E-state index in [-0.39, 0.29) is 29.9 Å². The van der Waals surface area contributed by atoms with Crippen LogP contribution in [0.15, 0.2) is 6.20 Å². The zero-order valence-corrected chi connectivity index (χ0v) is 7.81. The van der Waals surface area contributed by atoms with Crippen molar-refractivity contribution in [2.75, 3.05) is 19.0 Å². The number of hydrogen-bond acceptors (Lipinski definition) is 6. The lowest BCUT2D eigenvalue weighted by molar-refractivity contribution is -0.118. The smallest absolute Gasteiger partial charge is 0.358 e. The SMILES string of the molecule is COC(=O)c1cnc2c(n1)NC(=O)CO2. The number of carbonyl (C=O) groups excluding carboxylic acids is 2. The highest BCUT2D eigenvalue weighted by Gasteiger charge is 2.20. The number of anilines is 1. The summed E-state index contributed by atoms with van der Waals surface area (Å²) < 4.78 is 9.43. The second-order valence-electron chi connectivity index (χ2n) is 2.74. The van der Waals surface area contributed by atoms with Gasteiger partial charge >= 0.3 is 5.97 Å². The Hall–Kier alpha value is -2.18. The van der Waals surface area contributed by atoms with E-state index < -0.39 is 5.97 Å². The van der Waals surface area contributed by atoms with E-state index >= 15 is 0 Å². The summed E-state index contributed by atoms with van der Waals surface area (Å²) in [5.41, 5.74) is 0.0158. The fourth-order valence-corrected chi connectivity index (χ4v) is 1.07. The van der Waals surface area contributed by atoms with Crippen molar-refractivity contribution < 1.29 is 19.1 Å². The first-order chi connectivity index (χ1) is 7.20. The Labute approximate surface area is 84.4 Å². The number of nitrogens with zero attached hydrogens (tertiary/aromatic N) is 2. The molecule has 2 rings (SSSR count). The van der Waals surface area contributed by atoms with Crippen LogP contribution in [-0.4, -0.2) is 35.6 Å². The van der Waals surface area contributed by atoms with Gasteiger partial charge in [-0.1, -0.05) is 0 Å². The molecule has 1 aromatic rings. The Morgan fingerprint density at radius 2 is 2.47 bits per heavy atom. The van der Waals surface area contributed by atoms with Gasteiger partial charge in [-0.2, -0.15) is 0 Å². The third-order valence-electron chi connectivity index (χ3n) is 1.73. The minimum atomic E-state index is -0.620. The average molecular weight is 209 g/mol. The van der Waals surface area contributed by atoms with Crippen molar-refractivity contribution >= 4 is 17.7 Å². The van der Waals surface area contributed by atoms with Gasteiger partial charge in [-0.15, -0.1) is 0 Å². The van der Waals surface area contributed by atoms with Crippen molar-refractivity contribution in [1.82, 2.24) is 9.97 Å². The summed E-state index contributed by atoms with van der Waals surface area (Å²) in [4.78, 5) is 29.7. The summed E-state index contributed by atoms with van der Waals surface area (Å²) in [5, 5.41) is 2.43. The molecule has 0 spiro atoms. The van der Waals surface area contributed by atoms with E-state index in [9.17, 15) is 9.59 Å². The Morgan fingerprint density at radius 3 is 3.20 bits per heavy atom. The predicted octanol–water partition coefficient (Wildman–Crippen LogP) is -0.406. The molecule has 0 atom stereocenters. The van der Waals surface area contributed by atoms with Gasteiger partial charge in [-0.05, 0) is 0 Å². The summed E-state index contributed by atoms with van der Waals surface area (Å²) >= 11 is 0. The third kappa shape index (κ3) is 1.71.